The summed E-state index contributed by atoms with van der Waals surface area (Å²) in [6.07, 6.45) is 5.03. The molecular weight excluding hydrogens is 414 g/mol. The topological polar surface area (TPSA) is 75.7 Å². The highest BCUT2D eigenvalue weighted by Gasteiger charge is 2.36. The first-order chi connectivity index (χ1) is 14.9. The highest BCUT2D eigenvalue weighted by molar-refractivity contribution is 6.29. The van der Waals surface area contributed by atoms with Crippen LogP contribution >= 0.6 is 11.6 Å². The maximum Gasteiger partial charge on any atom is 0.292 e. The van der Waals surface area contributed by atoms with Crippen LogP contribution < -0.4 is 5.32 Å². The molecule has 31 heavy (non-hydrogen) atoms. The van der Waals surface area contributed by atoms with E-state index in [-0.39, 0.29) is 17.7 Å². The number of fused-ring (bicyclic) bond motifs is 1. The fraction of sp³-hybridized carbons (Fsp3) is 0.348. The van der Waals surface area contributed by atoms with Crippen LogP contribution in [0.3, 0.4) is 0 Å². The number of hydrogen-bond acceptors (Lipinski definition) is 5. The normalized spacial score (nSPS) is 17.5. The van der Waals surface area contributed by atoms with Gasteiger partial charge in [0, 0.05) is 18.7 Å². The van der Waals surface area contributed by atoms with Crippen LogP contribution in [0.5, 0.6) is 0 Å². The molecule has 1 unspecified atom stereocenters. The largest absolute Gasteiger partial charge is 0.438 e. The number of allylic oxidation sites excluding steroid dienone is 1. The van der Waals surface area contributed by atoms with Gasteiger partial charge in [0.1, 0.15) is 5.15 Å². The second-order valence-electron chi connectivity index (χ2n) is 7.82. The Labute approximate surface area is 186 Å². The number of hydrogen-bond donors (Lipinski definition) is 1. The number of carbonyl (C=O) groups excluding carboxylic acids is 1. The fourth-order valence-electron chi connectivity index (χ4n) is 3.83. The van der Waals surface area contributed by atoms with Gasteiger partial charge < -0.3 is 14.6 Å². The van der Waals surface area contributed by atoms with E-state index < -0.39 is 0 Å². The van der Waals surface area contributed by atoms with Crippen molar-refractivity contribution in [2.75, 3.05) is 6.54 Å². The number of aryl methyl sites for hydroxylation is 1. The zero-order valence-electron chi connectivity index (χ0n) is 18.1. The predicted octanol–water partition coefficient (Wildman–Crippen LogP) is 5.05. The van der Waals surface area contributed by atoms with Crippen LogP contribution in [0, 0.1) is 6.92 Å². The monoisotopic (exact) mass is 439 g/mol. The molecule has 162 valence electrons. The van der Waals surface area contributed by atoms with E-state index in [1.54, 1.807) is 22.4 Å². The number of halogens is 1. The quantitative estimate of drug-likeness (QED) is 0.563. The van der Waals surface area contributed by atoms with E-state index in [0.717, 1.165) is 28.9 Å². The molecule has 0 saturated heterocycles. The molecule has 0 spiro atoms. The van der Waals surface area contributed by atoms with Crippen molar-refractivity contribution in [2.45, 2.75) is 46.6 Å². The SMILES string of the molecule is CCC(C)=CNC1=C(C)C(c2cc3cccc(Cl)n3n2)N(C(=O)c2ocnc2C)CC1. The minimum Gasteiger partial charge on any atom is -0.438 e. The second kappa shape index (κ2) is 8.59. The minimum absolute atomic E-state index is 0.193. The fourth-order valence-corrected chi connectivity index (χ4v) is 4.04. The predicted molar refractivity (Wildman–Crippen MR) is 120 cm³/mol. The van der Waals surface area contributed by atoms with Crippen molar-refractivity contribution < 1.29 is 9.21 Å². The van der Waals surface area contributed by atoms with E-state index >= 15 is 0 Å². The van der Waals surface area contributed by atoms with Crippen molar-refractivity contribution in [1.29, 1.82) is 0 Å². The smallest absolute Gasteiger partial charge is 0.292 e. The van der Waals surface area contributed by atoms with Gasteiger partial charge in [-0.3, -0.25) is 4.79 Å². The van der Waals surface area contributed by atoms with Gasteiger partial charge in [0.05, 0.1) is 22.9 Å². The molecule has 0 aromatic carbocycles. The lowest BCUT2D eigenvalue weighted by molar-refractivity contribution is 0.0652. The van der Waals surface area contributed by atoms with E-state index in [9.17, 15) is 4.79 Å². The molecule has 0 radical (unpaired) electrons. The first-order valence-corrected chi connectivity index (χ1v) is 10.8. The van der Waals surface area contributed by atoms with E-state index in [1.165, 1.54) is 12.0 Å². The number of rotatable bonds is 5. The Bertz CT molecular complexity index is 1190. The number of nitrogens with zero attached hydrogens (tertiary/aromatic N) is 4. The molecule has 0 fully saturated rings. The molecule has 0 aliphatic carbocycles. The standard InChI is InChI=1S/C23H26ClN5O2/c1-5-14(2)12-25-18-9-10-28(23(30)22-16(4)26-13-31-22)21(15(18)3)19-11-17-7-6-8-20(24)29(17)27-19/h6-8,11-13,21,25H,5,9-10H2,1-4H3. The molecule has 1 atom stereocenters. The van der Waals surface area contributed by atoms with E-state index in [4.69, 9.17) is 21.1 Å². The van der Waals surface area contributed by atoms with Crippen LogP contribution in [0.1, 0.15) is 61.6 Å². The van der Waals surface area contributed by atoms with Gasteiger partial charge in [0.25, 0.3) is 5.91 Å². The summed E-state index contributed by atoms with van der Waals surface area (Å²) in [5.41, 5.74) is 5.60. The maximum absolute atomic E-state index is 13.4. The molecule has 3 aromatic rings. The third kappa shape index (κ3) is 3.97. The Morgan fingerprint density at radius 3 is 2.87 bits per heavy atom. The molecule has 0 saturated carbocycles. The molecule has 0 bridgehead atoms. The van der Waals surface area contributed by atoms with Crippen molar-refractivity contribution in [3.63, 3.8) is 0 Å². The van der Waals surface area contributed by atoms with E-state index in [2.05, 4.69) is 24.1 Å². The van der Waals surface area contributed by atoms with Crippen molar-refractivity contribution in [3.8, 4) is 0 Å². The first kappa shape index (κ1) is 21.2. The summed E-state index contributed by atoms with van der Waals surface area (Å²) in [7, 11) is 0. The van der Waals surface area contributed by atoms with Crippen LogP contribution in [0.4, 0.5) is 0 Å². The van der Waals surface area contributed by atoms with Crippen molar-refractivity contribution in [3.05, 3.63) is 76.0 Å². The van der Waals surface area contributed by atoms with Crippen molar-refractivity contribution >= 4 is 23.0 Å². The number of oxazole rings is 1. The van der Waals surface area contributed by atoms with Gasteiger partial charge >= 0.3 is 0 Å². The van der Waals surface area contributed by atoms with Gasteiger partial charge in [-0.05, 0) is 57.2 Å². The van der Waals surface area contributed by atoms with Gasteiger partial charge in [0.2, 0.25) is 5.76 Å². The lowest BCUT2D eigenvalue weighted by Crippen LogP contribution is -2.41. The molecule has 1 amide bonds. The zero-order valence-corrected chi connectivity index (χ0v) is 18.9. The number of aromatic nitrogens is 3. The highest BCUT2D eigenvalue weighted by Crippen LogP contribution is 2.36. The molecule has 7 nitrogen and oxygen atoms in total. The Balaban J connectivity index is 1.80. The lowest BCUT2D eigenvalue weighted by atomic mass is 9.94. The molecular formula is C23H26ClN5O2. The summed E-state index contributed by atoms with van der Waals surface area (Å²) in [5, 5.41) is 8.71. The lowest BCUT2D eigenvalue weighted by Gasteiger charge is -2.36. The van der Waals surface area contributed by atoms with Crippen LogP contribution in [-0.2, 0) is 0 Å². The van der Waals surface area contributed by atoms with E-state index in [1.807, 2.05) is 31.3 Å². The van der Waals surface area contributed by atoms with Crippen LogP contribution in [0.25, 0.3) is 5.52 Å². The molecule has 8 heteroatoms. The third-order valence-corrected chi connectivity index (χ3v) is 6.08. The van der Waals surface area contributed by atoms with Gasteiger partial charge in [-0.2, -0.15) is 5.10 Å². The molecule has 3 aromatic heterocycles. The molecule has 4 rings (SSSR count). The maximum atomic E-state index is 13.4. The average molecular weight is 440 g/mol. The summed E-state index contributed by atoms with van der Waals surface area (Å²) in [4.78, 5) is 19.3. The summed E-state index contributed by atoms with van der Waals surface area (Å²) < 4.78 is 7.10. The van der Waals surface area contributed by atoms with Crippen molar-refractivity contribution in [1.82, 2.24) is 24.8 Å². The van der Waals surface area contributed by atoms with Crippen LogP contribution in [0.15, 0.2) is 58.1 Å². The van der Waals surface area contributed by atoms with Crippen LogP contribution in [-0.4, -0.2) is 31.9 Å². The van der Waals surface area contributed by atoms with E-state index in [0.29, 0.717) is 23.8 Å². The summed E-state index contributed by atoms with van der Waals surface area (Å²) in [6.45, 7) is 8.56. The number of nitrogens with one attached hydrogen (secondary N) is 1. The van der Waals surface area contributed by atoms with Gasteiger partial charge in [-0.15, -0.1) is 0 Å². The van der Waals surface area contributed by atoms with Gasteiger partial charge in [-0.25, -0.2) is 9.50 Å². The van der Waals surface area contributed by atoms with Gasteiger partial charge in [0.15, 0.2) is 6.39 Å². The number of amides is 1. The van der Waals surface area contributed by atoms with Crippen molar-refractivity contribution in [2.24, 2.45) is 0 Å². The second-order valence-corrected chi connectivity index (χ2v) is 8.21. The van der Waals surface area contributed by atoms with Gasteiger partial charge in [-0.1, -0.05) is 30.2 Å². The number of pyridine rings is 1. The minimum atomic E-state index is -0.348. The third-order valence-electron chi connectivity index (χ3n) is 5.79. The van der Waals surface area contributed by atoms with Crippen LogP contribution in [0.2, 0.25) is 5.15 Å². The Morgan fingerprint density at radius 1 is 1.39 bits per heavy atom. The zero-order chi connectivity index (χ0) is 22.1. The molecule has 1 aliphatic rings. The average Bonchev–Trinajstić information content (AvgIpc) is 3.38. The molecule has 1 N–H and O–H groups in total. The first-order valence-electron chi connectivity index (χ1n) is 10.4. The Morgan fingerprint density at radius 2 is 2.19 bits per heavy atom. The summed E-state index contributed by atoms with van der Waals surface area (Å²) >= 11 is 6.34. The summed E-state index contributed by atoms with van der Waals surface area (Å²) in [6, 6.07) is 7.26. The Kier molecular flexibility index (Phi) is 5.87. The molecule has 4 heterocycles. The number of carbonyl (C=O) groups is 1. The highest BCUT2D eigenvalue weighted by atomic mass is 35.5. The Hall–Kier alpha value is -3.06. The molecule has 1 aliphatic heterocycles. The summed E-state index contributed by atoms with van der Waals surface area (Å²) in [5.74, 6) is 0.0690.